The van der Waals surface area contributed by atoms with Crippen LogP contribution >= 0.6 is 24.2 Å². The van der Waals surface area contributed by atoms with Crippen molar-refractivity contribution in [3.63, 3.8) is 0 Å². The number of hydrogen-bond acceptors (Lipinski definition) is 4. The van der Waals surface area contributed by atoms with E-state index in [4.69, 9.17) is 4.65 Å². The van der Waals surface area contributed by atoms with Crippen LogP contribution in [0.5, 0.6) is 0 Å². The lowest BCUT2D eigenvalue weighted by atomic mass is 9.80. The molecule has 0 bridgehead atoms. The highest BCUT2D eigenvalue weighted by molar-refractivity contribution is 7.99. The van der Waals surface area contributed by atoms with E-state index in [0.29, 0.717) is 6.61 Å². The third-order valence-corrected chi connectivity index (χ3v) is 3.66. The predicted octanol–water partition coefficient (Wildman–Crippen LogP) is 1.87. The summed E-state index contributed by atoms with van der Waals surface area (Å²) >= 11 is 1.65. The molecule has 3 rings (SSSR count). The molecule has 1 aromatic heterocycles. The van der Waals surface area contributed by atoms with Crippen molar-refractivity contribution in [3.05, 3.63) is 48.3 Å². The molecule has 92 valence electrons. The van der Waals surface area contributed by atoms with E-state index in [1.54, 1.807) is 24.2 Å². The molecule has 1 aromatic carbocycles. The van der Waals surface area contributed by atoms with Gasteiger partial charge in [-0.15, -0.1) is 12.4 Å². The molecule has 6 heteroatoms. The summed E-state index contributed by atoms with van der Waals surface area (Å²) in [5.74, 6) is 0. The van der Waals surface area contributed by atoms with Crippen molar-refractivity contribution < 1.29 is 9.68 Å². The Bertz CT molecular complexity index is 541. The fourth-order valence-electron chi connectivity index (χ4n) is 1.80. The Kier molecular flexibility index (Phi) is 4.29. The molecule has 1 N–H and O–H groups in total. The zero-order chi connectivity index (χ0) is 11.7. The summed E-state index contributed by atoms with van der Waals surface area (Å²) in [6.07, 6.45) is 3.54. The van der Waals surface area contributed by atoms with Crippen LogP contribution in [0.1, 0.15) is 5.56 Å². The first-order chi connectivity index (χ1) is 8.33. The van der Waals surface area contributed by atoms with E-state index in [1.807, 2.05) is 30.3 Å². The van der Waals surface area contributed by atoms with Gasteiger partial charge in [0.2, 0.25) is 0 Å². The summed E-state index contributed by atoms with van der Waals surface area (Å²) in [7, 11) is -0.775. The predicted molar refractivity (Wildman–Crippen MR) is 74.4 cm³/mol. The molecular formula is C12H11BClNO2S. The summed E-state index contributed by atoms with van der Waals surface area (Å²) < 4.78 is 5.16. The normalized spacial score (nSPS) is 13.1. The number of aromatic nitrogens is 1. The second-order valence-electron chi connectivity index (χ2n) is 3.81. The van der Waals surface area contributed by atoms with Gasteiger partial charge < -0.3 is 9.68 Å². The SMILES string of the molecule is Cl.OB1OCc2ccc(Sc3ccncc3)cc21. The van der Waals surface area contributed by atoms with Gasteiger partial charge in [-0.2, -0.15) is 0 Å². The standard InChI is InChI=1S/C12H10BNO2S.ClH/c15-13-12-7-11(2-1-9(12)8-16-13)17-10-3-5-14-6-4-10;/h1-7,15H,8H2;1H. The first-order valence-electron chi connectivity index (χ1n) is 5.33. The number of fused-ring (bicyclic) bond motifs is 1. The molecule has 0 saturated carbocycles. The monoisotopic (exact) mass is 279 g/mol. The van der Waals surface area contributed by atoms with Crippen LogP contribution in [-0.4, -0.2) is 17.1 Å². The summed E-state index contributed by atoms with van der Waals surface area (Å²) in [5, 5.41) is 9.63. The molecule has 0 radical (unpaired) electrons. The number of halogens is 1. The Morgan fingerprint density at radius 3 is 2.72 bits per heavy atom. The van der Waals surface area contributed by atoms with Crippen LogP contribution in [0.15, 0.2) is 52.5 Å². The maximum Gasteiger partial charge on any atom is 0.491 e. The Morgan fingerprint density at radius 1 is 1.17 bits per heavy atom. The molecule has 0 amide bonds. The minimum Gasteiger partial charge on any atom is -0.423 e. The van der Waals surface area contributed by atoms with Crippen molar-refractivity contribution in [2.75, 3.05) is 0 Å². The van der Waals surface area contributed by atoms with E-state index in [9.17, 15) is 5.02 Å². The first kappa shape index (κ1) is 13.4. The second kappa shape index (κ2) is 5.76. The quantitative estimate of drug-likeness (QED) is 0.852. The smallest absolute Gasteiger partial charge is 0.423 e. The maximum atomic E-state index is 9.63. The average molecular weight is 280 g/mol. The van der Waals surface area contributed by atoms with Crippen molar-refractivity contribution in [2.45, 2.75) is 16.4 Å². The average Bonchev–Trinajstić information content (AvgIpc) is 2.73. The van der Waals surface area contributed by atoms with Crippen molar-refractivity contribution >= 4 is 36.8 Å². The molecule has 0 fully saturated rings. The van der Waals surface area contributed by atoms with E-state index in [-0.39, 0.29) is 12.4 Å². The van der Waals surface area contributed by atoms with Crippen molar-refractivity contribution in [3.8, 4) is 0 Å². The maximum absolute atomic E-state index is 9.63. The fraction of sp³-hybridized carbons (Fsp3) is 0.0833. The fourth-order valence-corrected chi connectivity index (χ4v) is 2.65. The number of benzene rings is 1. The molecule has 0 saturated heterocycles. The molecule has 0 unspecified atom stereocenters. The third kappa shape index (κ3) is 2.70. The minimum absolute atomic E-state index is 0. The highest BCUT2D eigenvalue weighted by Gasteiger charge is 2.27. The highest BCUT2D eigenvalue weighted by Crippen LogP contribution is 2.27. The molecular weight excluding hydrogens is 268 g/mol. The third-order valence-electron chi connectivity index (χ3n) is 2.67. The lowest BCUT2D eigenvalue weighted by Crippen LogP contribution is -2.27. The number of pyridine rings is 1. The van der Waals surface area contributed by atoms with Gasteiger partial charge in [-0.1, -0.05) is 17.8 Å². The zero-order valence-electron chi connectivity index (χ0n) is 9.45. The van der Waals surface area contributed by atoms with E-state index >= 15 is 0 Å². The summed E-state index contributed by atoms with van der Waals surface area (Å²) in [4.78, 5) is 6.21. The molecule has 0 spiro atoms. The Balaban J connectivity index is 0.00000120. The van der Waals surface area contributed by atoms with E-state index in [2.05, 4.69) is 4.98 Å². The van der Waals surface area contributed by atoms with Gasteiger partial charge in [0, 0.05) is 22.2 Å². The Morgan fingerprint density at radius 2 is 1.94 bits per heavy atom. The number of hydrogen-bond donors (Lipinski definition) is 1. The Labute approximate surface area is 116 Å². The van der Waals surface area contributed by atoms with Crippen molar-refractivity contribution in [2.24, 2.45) is 0 Å². The zero-order valence-corrected chi connectivity index (χ0v) is 11.1. The van der Waals surface area contributed by atoms with Crippen molar-refractivity contribution in [1.29, 1.82) is 0 Å². The molecule has 2 aromatic rings. The van der Waals surface area contributed by atoms with Gasteiger partial charge in [-0.25, -0.2) is 0 Å². The van der Waals surface area contributed by atoms with Gasteiger partial charge in [-0.3, -0.25) is 4.98 Å². The van der Waals surface area contributed by atoms with Crippen molar-refractivity contribution in [1.82, 2.24) is 4.98 Å². The molecule has 0 atom stereocenters. The summed E-state index contributed by atoms with van der Waals surface area (Å²) in [5.41, 5.74) is 1.95. The lowest BCUT2D eigenvalue weighted by molar-refractivity contribution is 0.275. The van der Waals surface area contributed by atoms with Crippen LogP contribution in [-0.2, 0) is 11.3 Å². The van der Waals surface area contributed by atoms with Gasteiger partial charge in [-0.05, 0) is 35.3 Å². The molecule has 1 aliphatic heterocycles. The molecule has 18 heavy (non-hydrogen) atoms. The minimum atomic E-state index is -0.775. The summed E-state index contributed by atoms with van der Waals surface area (Å²) in [6, 6.07) is 9.97. The lowest BCUT2D eigenvalue weighted by Gasteiger charge is -2.04. The van der Waals surface area contributed by atoms with Crippen LogP contribution in [0.4, 0.5) is 0 Å². The van der Waals surface area contributed by atoms with Crippen LogP contribution in [0, 0.1) is 0 Å². The van der Waals surface area contributed by atoms with E-state index < -0.39 is 7.12 Å². The van der Waals surface area contributed by atoms with Crippen LogP contribution in [0.25, 0.3) is 0 Å². The first-order valence-corrected chi connectivity index (χ1v) is 6.15. The number of rotatable bonds is 2. The van der Waals surface area contributed by atoms with Gasteiger partial charge in [0.1, 0.15) is 0 Å². The van der Waals surface area contributed by atoms with Crippen LogP contribution < -0.4 is 5.46 Å². The highest BCUT2D eigenvalue weighted by atomic mass is 35.5. The Hall–Kier alpha value is -1.01. The second-order valence-corrected chi connectivity index (χ2v) is 4.96. The van der Waals surface area contributed by atoms with Gasteiger partial charge >= 0.3 is 7.12 Å². The topological polar surface area (TPSA) is 42.4 Å². The molecule has 1 aliphatic rings. The van der Waals surface area contributed by atoms with E-state index in [0.717, 1.165) is 20.8 Å². The molecule has 0 aliphatic carbocycles. The van der Waals surface area contributed by atoms with E-state index in [1.165, 1.54) is 0 Å². The summed E-state index contributed by atoms with van der Waals surface area (Å²) in [6.45, 7) is 0.497. The molecule has 2 heterocycles. The molecule has 3 nitrogen and oxygen atoms in total. The largest absolute Gasteiger partial charge is 0.491 e. The van der Waals surface area contributed by atoms with Crippen LogP contribution in [0.2, 0.25) is 0 Å². The van der Waals surface area contributed by atoms with Gasteiger partial charge in [0.25, 0.3) is 0 Å². The number of nitrogens with zero attached hydrogens (tertiary/aromatic N) is 1. The van der Waals surface area contributed by atoms with Gasteiger partial charge in [0.15, 0.2) is 0 Å². The van der Waals surface area contributed by atoms with Gasteiger partial charge in [0.05, 0.1) is 6.61 Å². The van der Waals surface area contributed by atoms with Crippen LogP contribution in [0.3, 0.4) is 0 Å².